The van der Waals surface area contributed by atoms with E-state index in [0.29, 0.717) is 30.6 Å². The average molecular weight is 537 g/mol. The van der Waals surface area contributed by atoms with E-state index in [-0.39, 0.29) is 11.7 Å². The minimum absolute atomic E-state index is 0.00905. The number of hydrogen-bond acceptors (Lipinski definition) is 5. The van der Waals surface area contributed by atoms with Gasteiger partial charge in [-0.2, -0.15) is 0 Å². The molecule has 2 atom stereocenters. The van der Waals surface area contributed by atoms with E-state index in [0.717, 1.165) is 33.6 Å². The zero-order chi connectivity index (χ0) is 28.5. The van der Waals surface area contributed by atoms with Crippen LogP contribution in [0.1, 0.15) is 44.3 Å². The number of ketones is 1. The molecule has 0 aliphatic rings. The first-order chi connectivity index (χ1) is 19.3. The molecule has 0 aliphatic heterocycles. The lowest BCUT2D eigenvalue weighted by molar-refractivity contribution is 0.0829. The van der Waals surface area contributed by atoms with E-state index in [2.05, 4.69) is 10.6 Å². The van der Waals surface area contributed by atoms with Crippen LogP contribution in [0, 0.1) is 6.92 Å². The van der Waals surface area contributed by atoms with Gasteiger partial charge in [0, 0.05) is 24.2 Å². The van der Waals surface area contributed by atoms with Crippen LogP contribution in [0.25, 0.3) is 11.1 Å². The summed E-state index contributed by atoms with van der Waals surface area (Å²) in [6.45, 7) is 4.33. The number of hydrogen-bond donors (Lipinski definition) is 3. The van der Waals surface area contributed by atoms with Crippen molar-refractivity contribution in [3.63, 3.8) is 0 Å². The minimum Gasteiger partial charge on any atom is -0.497 e. The first-order valence-corrected chi connectivity index (χ1v) is 13.4. The Morgan fingerprint density at radius 3 is 2.30 bits per heavy atom. The molecule has 206 valence electrons. The molecule has 0 fully saturated rings. The molecule has 40 heavy (non-hydrogen) atoms. The van der Waals surface area contributed by atoms with E-state index in [1.807, 2.05) is 97.9 Å². The van der Waals surface area contributed by atoms with Crippen molar-refractivity contribution in [2.75, 3.05) is 13.7 Å². The molecule has 6 nitrogen and oxygen atoms in total. The first-order valence-electron chi connectivity index (χ1n) is 13.4. The number of ether oxygens (including phenoxy) is 1. The summed E-state index contributed by atoms with van der Waals surface area (Å²) in [4.78, 5) is 25.4. The lowest BCUT2D eigenvalue weighted by Crippen LogP contribution is -2.48. The highest BCUT2D eigenvalue weighted by molar-refractivity contribution is 5.97. The molecule has 4 aromatic carbocycles. The Labute approximate surface area is 236 Å². The second kappa shape index (κ2) is 13.7. The van der Waals surface area contributed by atoms with Crippen LogP contribution < -0.4 is 15.4 Å². The molecule has 4 aromatic rings. The Morgan fingerprint density at radius 1 is 0.825 bits per heavy atom. The van der Waals surface area contributed by atoms with Crippen molar-refractivity contribution < 1.29 is 19.4 Å². The first kappa shape index (κ1) is 28.7. The van der Waals surface area contributed by atoms with E-state index < -0.39 is 12.1 Å². The fourth-order valence-electron chi connectivity index (χ4n) is 4.69. The molecule has 2 unspecified atom stereocenters. The maximum Gasteiger partial charge on any atom is 0.251 e. The van der Waals surface area contributed by atoms with Gasteiger partial charge in [0.2, 0.25) is 0 Å². The van der Waals surface area contributed by atoms with Gasteiger partial charge in [-0.15, -0.1) is 0 Å². The number of nitrogens with one attached hydrogen (secondary N) is 2. The van der Waals surface area contributed by atoms with E-state index in [1.165, 1.54) is 6.92 Å². The van der Waals surface area contributed by atoms with Crippen molar-refractivity contribution in [2.24, 2.45) is 0 Å². The number of rotatable bonds is 12. The van der Waals surface area contributed by atoms with E-state index in [4.69, 9.17) is 4.74 Å². The summed E-state index contributed by atoms with van der Waals surface area (Å²) in [5.41, 5.74) is 5.83. The maximum absolute atomic E-state index is 13.5. The summed E-state index contributed by atoms with van der Waals surface area (Å²) >= 11 is 0. The Hall–Kier alpha value is -4.26. The van der Waals surface area contributed by atoms with Crippen LogP contribution >= 0.6 is 0 Å². The molecule has 1 amide bonds. The second-order valence-corrected chi connectivity index (χ2v) is 10.0. The highest BCUT2D eigenvalue weighted by Crippen LogP contribution is 2.24. The third-order valence-corrected chi connectivity index (χ3v) is 6.84. The predicted octanol–water partition coefficient (Wildman–Crippen LogP) is 5.37. The van der Waals surface area contributed by atoms with E-state index in [9.17, 15) is 14.7 Å². The van der Waals surface area contributed by atoms with Crippen LogP contribution in [0.5, 0.6) is 5.75 Å². The van der Waals surface area contributed by atoms with Crippen molar-refractivity contribution in [2.45, 2.75) is 39.0 Å². The predicted molar refractivity (Wildman–Crippen MR) is 159 cm³/mol. The summed E-state index contributed by atoms with van der Waals surface area (Å²) in [6, 6.07) is 30.1. The highest BCUT2D eigenvalue weighted by Gasteiger charge is 2.23. The van der Waals surface area contributed by atoms with Crippen molar-refractivity contribution in [1.82, 2.24) is 10.6 Å². The van der Waals surface area contributed by atoms with Crippen molar-refractivity contribution in [3.8, 4) is 16.9 Å². The van der Waals surface area contributed by atoms with Gasteiger partial charge in [0.1, 0.15) is 5.75 Å². The summed E-state index contributed by atoms with van der Waals surface area (Å²) < 4.78 is 5.29. The number of carbonyl (C=O) groups excluding carboxylic acids is 2. The van der Waals surface area contributed by atoms with Gasteiger partial charge in [-0.05, 0) is 78.4 Å². The quantitative estimate of drug-likeness (QED) is 0.212. The lowest BCUT2D eigenvalue weighted by Gasteiger charge is -2.25. The normalized spacial score (nSPS) is 12.4. The van der Waals surface area contributed by atoms with Gasteiger partial charge >= 0.3 is 0 Å². The maximum atomic E-state index is 13.5. The van der Waals surface area contributed by atoms with Crippen molar-refractivity contribution >= 4 is 11.7 Å². The number of aliphatic hydroxyl groups excluding tert-OH is 1. The standard InChI is InChI=1S/C34H36N2O4/c1-23-15-29(28-13-8-12-27(19-28)24(2)37)20-30(16-23)34(39)36-32(18-25-9-5-4-6-10-25)33(38)22-35-21-26-11-7-14-31(17-26)40-3/h4-17,19-20,32-33,35,38H,18,21-22H2,1-3H3,(H,36,39). The monoisotopic (exact) mass is 536 g/mol. The third kappa shape index (κ3) is 7.88. The number of benzene rings is 4. The minimum atomic E-state index is -0.828. The lowest BCUT2D eigenvalue weighted by atomic mass is 9.97. The largest absolute Gasteiger partial charge is 0.497 e. The zero-order valence-electron chi connectivity index (χ0n) is 23.2. The van der Waals surface area contributed by atoms with Crippen LogP contribution in [0.2, 0.25) is 0 Å². The second-order valence-electron chi connectivity index (χ2n) is 10.0. The van der Waals surface area contributed by atoms with Crippen LogP contribution in [-0.4, -0.2) is 42.6 Å². The van der Waals surface area contributed by atoms with Gasteiger partial charge in [0.25, 0.3) is 5.91 Å². The SMILES string of the molecule is COc1cccc(CNCC(O)C(Cc2ccccc2)NC(=O)c2cc(C)cc(-c3cccc(C(C)=O)c3)c2)c1. The number of Topliss-reactive ketones (excluding diaryl/α,β-unsaturated/α-hetero) is 1. The summed E-state index contributed by atoms with van der Waals surface area (Å²) in [5, 5.41) is 17.6. The molecule has 3 N–H and O–H groups in total. The van der Waals surface area contributed by atoms with E-state index in [1.54, 1.807) is 13.2 Å². The Bertz CT molecular complexity index is 1450. The molecular formula is C34H36N2O4. The number of methoxy groups -OCH3 is 1. The molecule has 0 spiro atoms. The van der Waals surface area contributed by atoms with E-state index >= 15 is 0 Å². The number of carbonyl (C=O) groups is 2. The summed E-state index contributed by atoms with van der Waals surface area (Å²) in [7, 11) is 1.63. The molecule has 0 saturated carbocycles. The Balaban J connectivity index is 1.51. The fraction of sp³-hybridized carbons (Fsp3) is 0.235. The van der Waals surface area contributed by atoms with Crippen molar-refractivity contribution in [3.05, 3.63) is 125 Å². The molecule has 0 saturated heterocycles. The van der Waals surface area contributed by atoms with Crippen LogP contribution in [0.4, 0.5) is 0 Å². The van der Waals surface area contributed by atoms with Gasteiger partial charge in [0.15, 0.2) is 5.78 Å². The smallest absolute Gasteiger partial charge is 0.251 e. The van der Waals surface area contributed by atoms with Gasteiger partial charge in [-0.25, -0.2) is 0 Å². The summed E-state index contributed by atoms with van der Waals surface area (Å²) in [6.07, 6.45) is -0.347. The van der Waals surface area contributed by atoms with Crippen LogP contribution in [0.15, 0.2) is 97.1 Å². The number of aryl methyl sites for hydroxylation is 1. The highest BCUT2D eigenvalue weighted by atomic mass is 16.5. The molecule has 0 radical (unpaired) electrons. The Morgan fingerprint density at radius 2 is 1.55 bits per heavy atom. The fourth-order valence-corrected chi connectivity index (χ4v) is 4.69. The van der Waals surface area contributed by atoms with Crippen LogP contribution in [-0.2, 0) is 13.0 Å². The summed E-state index contributed by atoms with van der Waals surface area (Å²) in [5.74, 6) is 0.505. The molecule has 0 aromatic heterocycles. The van der Waals surface area contributed by atoms with Crippen LogP contribution in [0.3, 0.4) is 0 Å². The average Bonchev–Trinajstić information content (AvgIpc) is 2.97. The molecule has 0 aliphatic carbocycles. The molecular weight excluding hydrogens is 500 g/mol. The topological polar surface area (TPSA) is 87.7 Å². The number of aliphatic hydroxyl groups is 1. The van der Waals surface area contributed by atoms with Gasteiger partial charge in [-0.3, -0.25) is 9.59 Å². The van der Waals surface area contributed by atoms with Gasteiger partial charge in [0.05, 0.1) is 19.3 Å². The van der Waals surface area contributed by atoms with Gasteiger partial charge in [-0.1, -0.05) is 66.7 Å². The molecule has 4 rings (SSSR count). The molecule has 0 heterocycles. The Kier molecular flexibility index (Phi) is 9.84. The third-order valence-electron chi connectivity index (χ3n) is 6.84. The number of amides is 1. The zero-order valence-corrected chi connectivity index (χ0v) is 23.2. The molecule has 6 heteroatoms. The molecule has 0 bridgehead atoms. The van der Waals surface area contributed by atoms with Gasteiger partial charge < -0.3 is 20.5 Å². The van der Waals surface area contributed by atoms with Crippen molar-refractivity contribution in [1.29, 1.82) is 0 Å².